The van der Waals surface area contributed by atoms with Crippen LogP contribution in [0.5, 0.6) is 0 Å². The molecule has 1 rings (SSSR count). The Morgan fingerprint density at radius 2 is 2.25 bits per heavy atom. The Hall–Kier alpha value is -1.69. The summed E-state index contributed by atoms with van der Waals surface area (Å²) in [7, 11) is 0. The number of nitrogen functional groups attached to an aromatic ring is 1. The lowest BCUT2D eigenvalue weighted by molar-refractivity contribution is 0.0933. The molecule has 6 heteroatoms. The number of hydrogen-bond acceptors (Lipinski definition) is 5. The van der Waals surface area contributed by atoms with Crippen molar-refractivity contribution >= 4 is 11.7 Å². The minimum atomic E-state index is -0.211. The van der Waals surface area contributed by atoms with Crippen molar-refractivity contribution in [1.29, 1.82) is 0 Å². The predicted octanol–water partition coefficient (Wildman–Crippen LogP) is 0.681. The molecule has 0 radical (unpaired) electrons. The van der Waals surface area contributed by atoms with Gasteiger partial charge >= 0.3 is 0 Å². The van der Waals surface area contributed by atoms with Crippen LogP contribution in [0, 0.1) is 0 Å². The van der Waals surface area contributed by atoms with Gasteiger partial charge in [0.05, 0.1) is 12.4 Å². The van der Waals surface area contributed by atoms with Crippen molar-refractivity contribution in [2.45, 2.75) is 32.7 Å². The first kappa shape index (κ1) is 12.4. The van der Waals surface area contributed by atoms with Crippen LogP contribution in [-0.4, -0.2) is 21.9 Å². The van der Waals surface area contributed by atoms with Crippen molar-refractivity contribution in [1.82, 2.24) is 15.3 Å². The van der Waals surface area contributed by atoms with E-state index in [-0.39, 0.29) is 11.9 Å². The first-order chi connectivity index (χ1) is 7.67. The third-order valence-corrected chi connectivity index (χ3v) is 2.13. The van der Waals surface area contributed by atoms with Crippen LogP contribution in [-0.2, 0) is 0 Å². The van der Waals surface area contributed by atoms with E-state index in [1.54, 1.807) is 0 Å². The molecule has 0 saturated carbocycles. The van der Waals surface area contributed by atoms with E-state index in [2.05, 4.69) is 27.6 Å². The Kier molecular flexibility index (Phi) is 4.65. The van der Waals surface area contributed by atoms with E-state index < -0.39 is 0 Å². The van der Waals surface area contributed by atoms with Crippen LogP contribution in [0.4, 0.5) is 5.82 Å². The number of carbonyl (C=O) groups excluding carboxylic acids is 1. The number of aromatic nitrogens is 2. The SMILES string of the molecule is CCCC(C)NC(=O)c1cnc(NN)cn1. The van der Waals surface area contributed by atoms with E-state index >= 15 is 0 Å². The van der Waals surface area contributed by atoms with Crippen molar-refractivity contribution in [3.05, 3.63) is 18.1 Å². The highest BCUT2D eigenvalue weighted by atomic mass is 16.1. The van der Waals surface area contributed by atoms with E-state index in [1.807, 2.05) is 6.92 Å². The minimum absolute atomic E-state index is 0.145. The molecule has 6 nitrogen and oxygen atoms in total. The van der Waals surface area contributed by atoms with Gasteiger partial charge in [0.15, 0.2) is 5.82 Å². The summed E-state index contributed by atoms with van der Waals surface area (Å²) in [6, 6.07) is 0.145. The molecule has 0 aromatic carbocycles. The molecule has 0 spiro atoms. The Bertz CT molecular complexity index is 338. The topological polar surface area (TPSA) is 92.9 Å². The zero-order valence-corrected chi connectivity index (χ0v) is 9.53. The van der Waals surface area contributed by atoms with Gasteiger partial charge in [-0.3, -0.25) is 4.79 Å². The summed E-state index contributed by atoms with van der Waals surface area (Å²) in [6.07, 6.45) is 4.79. The van der Waals surface area contributed by atoms with Crippen molar-refractivity contribution in [3.63, 3.8) is 0 Å². The Labute approximate surface area is 94.6 Å². The monoisotopic (exact) mass is 223 g/mol. The zero-order valence-electron chi connectivity index (χ0n) is 9.53. The standard InChI is InChI=1S/C10H17N5O/c1-3-4-7(2)14-10(16)8-5-13-9(15-11)6-12-8/h5-7H,3-4,11H2,1-2H3,(H,13,15)(H,14,16). The fourth-order valence-electron chi connectivity index (χ4n) is 1.32. The molecular formula is C10H17N5O. The largest absolute Gasteiger partial charge is 0.348 e. The maximum absolute atomic E-state index is 11.7. The van der Waals surface area contributed by atoms with Crippen LogP contribution < -0.4 is 16.6 Å². The van der Waals surface area contributed by atoms with Gasteiger partial charge in [0.25, 0.3) is 5.91 Å². The summed E-state index contributed by atoms with van der Waals surface area (Å²) in [4.78, 5) is 19.5. The van der Waals surface area contributed by atoms with E-state index in [0.29, 0.717) is 11.5 Å². The van der Waals surface area contributed by atoms with Crippen LogP contribution in [0.15, 0.2) is 12.4 Å². The molecule has 4 N–H and O–H groups in total. The van der Waals surface area contributed by atoms with Gasteiger partial charge in [-0.1, -0.05) is 13.3 Å². The molecule has 1 aromatic rings. The van der Waals surface area contributed by atoms with Gasteiger partial charge in [0, 0.05) is 6.04 Å². The number of anilines is 1. The molecule has 0 saturated heterocycles. The van der Waals surface area contributed by atoms with Gasteiger partial charge in [-0.15, -0.1) is 0 Å². The third-order valence-electron chi connectivity index (χ3n) is 2.13. The van der Waals surface area contributed by atoms with Crippen LogP contribution in [0.1, 0.15) is 37.2 Å². The number of nitrogens with two attached hydrogens (primary N) is 1. The van der Waals surface area contributed by atoms with Crippen molar-refractivity contribution in [3.8, 4) is 0 Å². The second-order valence-electron chi connectivity index (χ2n) is 3.59. The second kappa shape index (κ2) is 6.02. The second-order valence-corrected chi connectivity index (χ2v) is 3.59. The highest BCUT2D eigenvalue weighted by Crippen LogP contribution is 2.01. The Morgan fingerprint density at radius 3 is 2.75 bits per heavy atom. The Balaban J connectivity index is 2.59. The van der Waals surface area contributed by atoms with Crippen LogP contribution in [0.2, 0.25) is 0 Å². The van der Waals surface area contributed by atoms with E-state index in [4.69, 9.17) is 5.84 Å². The molecule has 1 heterocycles. The summed E-state index contributed by atoms with van der Waals surface area (Å²) < 4.78 is 0. The number of hydrogen-bond donors (Lipinski definition) is 3. The first-order valence-corrected chi connectivity index (χ1v) is 5.27. The lowest BCUT2D eigenvalue weighted by Crippen LogP contribution is -2.33. The quantitative estimate of drug-likeness (QED) is 0.504. The van der Waals surface area contributed by atoms with Crippen LogP contribution >= 0.6 is 0 Å². The first-order valence-electron chi connectivity index (χ1n) is 5.27. The smallest absolute Gasteiger partial charge is 0.271 e. The van der Waals surface area contributed by atoms with Gasteiger partial charge in [0.1, 0.15) is 5.69 Å². The van der Waals surface area contributed by atoms with E-state index in [1.165, 1.54) is 12.4 Å². The third kappa shape index (κ3) is 3.47. The number of hydrazine groups is 1. The molecule has 0 bridgehead atoms. The van der Waals surface area contributed by atoms with Gasteiger partial charge < -0.3 is 10.7 Å². The summed E-state index contributed by atoms with van der Waals surface area (Å²) in [5.74, 6) is 5.36. The van der Waals surface area contributed by atoms with Crippen LogP contribution in [0.25, 0.3) is 0 Å². The predicted molar refractivity (Wildman–Crippen MR) is 61.7 cm³/mol. The molecule has 0 aliphatic carbocycles. The average Bonchev–Trinajstić information content (AvgIpc) is 2.29. The lowest BCUT2D eigenvalue weighted by atomic mass is 10.2. The van der Waals surface area contributed by atoms with Gasteiger partial charge in [-0.2, -0.15) is 0 Å². The highest BCUT2D eigenvalue weighted by molar-refractivity contribution is 5.92. The Morgan fingerprint density at radius 1 is 1.50 bits per heavy atom. The average molecular weight is 223 g/mol. The maximum Gasteiger partial charge on any atom is 0.271 e. The zero-order chi connectivity index (χ0) is 12.0. The normalized spacial score (nSPS) is 11.9. The summed E-state index contributed by atoms with van der Waals surface area (Å²) >= 11 is 0. The molecule has 1 aromatic heterocycles. The number of amides is 1. The van der Waals surface area contributed by atoms with E-state index in [9.17, 15) is 4.79 Å². The van der Waals surface area contributed by atoms with Gasteiger partial charge in [-0.05, 0) is 13.3 Å². The molecule has 1 amide bonds. The molecule has 16 heavy (non-hydrogen) atoms. The van der Waals surface area contributed by atoms with Gasteiger partial charge in [0.2, 0.25) is 0 Å². The summed E-state index contributed by atoms with van der Waals surface area (Å²) in [5, 5.41) is 2.84. The summed E-state index contributed by atoms with van der Waals surface area (Å²) in [5.41, 5.74) is 2.64. The number of nitrogens with zero attached hydrogens (tertiary/aromatic N) is 2. The maximum atomic E-state index is 11.7. The van der Waals surface area contributed by atoms with Crippen molar-refractivity contribution in [2.24, 2.45) is 5.84 Å². The van der Waals surface area contributed by atoms with Crippen molar-refractivity contribution < 1.29 is 4.79 Å². The number of rotatable bonds is 5. The molecule has 0 fully saturated rings. The molecular weight excluding hydrogens is 206 g/mol. The van der Waals surface area contributed by atoms with Gasteiger partial charge in [-0.25, -0.2) is 15.8 Å². The fourth-order valence-corrected chi connectivity index (χ4v) is 1.32. The number of nitrogens with one attached hydrogen (secondary N) is 2. The lowest BCUT2D eigenvalue weighted by Gasteiger charge is -2.11. The van der Waals surface area contributed by atoms with Crippen molar-refractivity contribution in [2.75, 3.05) is 5.43 Å². The molecule has 88 valence electrons. The molecule has 1 unspecified atom stereocenters. The molecule has 1 atom stereocenters. The molecule has 0 aliphatic heterocycles. The van der Waals surface area contributed by atoms with E-state index in [0.717, 1.165) is 12.8 Å². The summed E-state index contributed by atoms with van der Waals surface area (Å²) in [6.45, 7) is 4.04. The highest BCUT2D eigenvalue weighted by Gasteiger charge is 2.10. The fraction of sp³-hybridized carbons (Fsp3) is 0.500. The minimum Gasteiger partial charge on any atom is -0.348 e. The molecule has 0 aliphatic rings. The number of carbonyl (C=O) groups is 1. The van der Waals surface area contributed by atoms with Crippen LogP contribution in [0.3, 0.4) is 0 Å².